The molecule has 0 aliphatic rings. The van der Waals surface area contributed by atoms with Gasteiger partial charge in [-0.05, 0) is 19.9 Å². The van der Waals surface area contributed by atoms with Gasteiger partial charge in [0, 0.05) is 30.7 Å². The van der Waals surface area contributed by atoms with E-state index in [1.54, 1.807) is 11.3 Å². The third-order valence-corrected chi connectivity index (χ3v) is 3.86. The maximum atomic E-state index is 4.44. The van der Waals surface area contributed by atoms with Gasteiger partial charge in [0.1, 0.15) is 0 Å². The lowest BCUT2D eigenvalue weighted by atomic mass is 10.1. The van der Waals surface area contributed by atoms with E-state index in [1.165, 1.54) is 4.88 Å². The zero-order valence-corrected chi connectivity index (χ0v) is 11.1. The lowest BCUT2D eigenvalue weighted by molar-refractivity contribution is 0.505. The molecule has 0 fully saturated rings. The number of hydrogen-bond acceptors (Lipinski definition) is 4. The van der Waals surface area contributed by atoms with Gasteiger partial charge < -0.3 is 10.2 Å². The van der Waals surface area contributed by atoms with Crippen molar-refractivity contribution in [3.05, 3.63) is 11.1 Å². The van der Waals surface area contributed by atoms with Crippen LogP contribution >= 0.6 is 11.3 Å². The molecule has 3 nitrogen and oxygen atoms in total. The van der Waals surface area contributed by atoms with E-state index in [0.29, 0.717) is 12.0 Å². The highest BCUT2D eigenvalue weighted by Gasteiger charge is 2.16. The van der Waals surface area contributed by atoms with Crippen LogP contribution in [0, 0.1) is 5.92 Å². The Bertz CT molecular complexity index is 296. The van der Waals surface area contributed by atoms with Crippen molar-refractivity contribution in [3.63, 3.8) is 0 Å². The summed E-state index contributed by atoms with van der Waals surface area (Å²) >= 11 is 1.76. The van der Waals surface area contributed by atoms with Crippen LogP contribution < -0.4 is 10.2 Å². The molecule has 0 aliphatic carbocycles. The van der Waals surface area contributed by atoms with Gasteiger partial charge in [-0.25, -0.2) is 4.98 Å². The van der Waals surface area contributed by atoms with E-state index in [4.69, 9.17) is 0 Å². The van der Waals surface area contributed by atoms with Crippen LogP contribution in [0.3, 0.4) is 0 Å². The van der Waals surface area contributed by atoms with Gasteiger partial charge in [0.15, 0.2) is 5.13 Å². The molecule has 1 N–H and O–H groups in total. The molecular formula is C11H21N3S. The Hall–Kier alpha value is -0.610. The zero-order chi connectivity index (χ0) is 11.4. The van der Waals surface area contributed by atoms with Gasteiger partial charge in [-0.3, -0.25) is 0 Å². The van der Waals surface area contributed by atoms with Crippen molar-refractivity contribution in [2.45, 2.75) is 33.4 Å². The van der Waals surface area contributed by atoms with Gasteiger partial charge in [-0.15, -0.1) is 11.3 Å². The topological polar surface area (TPSA) is 28.2 Å². The minimum atomic E-state index is 0.526. The Labute approximate surface area is 96.5 Å². The quantitative estimate of drug-likeness (QED) is 0.837. The smallest absolute Gasteiger partial charge is 0.185 e. The van der Waals surface area contributed by atoms with Gasteiger partial charge in [-0.2, -0.15) is 0 Å². The first-order chi connectivity index (χ1) is 7.06. The molecule has 15 heavy (non-hydrogen) atoms. The van der Waals surface area contributed by atoms with Crippen LogP contribution in [0.5, 0.6) is 0 Å². The summed E-state index contributed by atoms with van der Waals surface area (Å²) in [7, 11) is 4.08. The van der Waals surface area contributed by atoms with Crippen molar-refractivity contribution >= 4 is 16.5 Å². The summed E-state index contributed by atoms with van der Waals surface area (Å²) in [4.78, 5) is 7.99. The van der Waals surface area contributed by atoms with Gasteiger partial charge >= 0.3 is 0 Å². The Morgan fingerprint density at radius 2 is 2.13 bits per heavy atom. The molecule has 1 unspecified atom stereocenters. The van der Waals surface area contributed by atoms with E-state index in [9.17, 15) is 0 Å². The highest BCUT2D eigenvalue weighted by Crippen LogP contribution is 2.24. The molecule has 0 bridgehead atoms. The van der Waals surface area contributed by atoms with Crippen LogP contribution in [0.4, 0.5) is 5.13 Å². The average Bonchev–Trinajstić information content (AvgIpc) is 2.64. The van der Waals surface area contributed by atoms with Gasteiger partial charge in [0.2, 0.25) is 0 Å². The molecule has 0 saturated heterocycles. The molecule has 0 amide bonds. The van der Waals surface area contributed by atoms with Gasteiger partial charge in [0.25, 0.3) is 0 Å². The van der Waals surface area contributed by atoms with Crippen molar-refractivity contribution in [2.75, 3.05) is 19.0 Å². The number of nitrogens with one attached hydrogen (secondary N) is 1. The molecule has 0 saturated carbocycles. The average molecular weight is 227 g/mol. The second-order valence-corrected chi connectivity index (χ2v) is 5.33. The summed E-state index contributed by atoms with van der Waals surface area (Å²) in [5.74, 6) is 0.645. The molecular weight excluding hydrogens is 206 g/mol. The molecule has 1 rings (SSSR count). The Morgan fingerprint density at radius 3 is 2.67 bits per heavy atom. The van der Waals surface area contributed by atoms with Crippen molar-refractivity contribution < 1.29 is 0 Å². The minimum absolute atomic E-state index is 0.526. The van der Waals surface area contributed by atoms with E-state index in [1.807, 2.05) is 13.2 Å². The van der Waals surface area contributed by atoms with E-state index in [0.717, 1.165) is 11.7 Å². The maximum Gasteiger partial charge on any atom is 0.185 e. The summed E-state index contributed by atoms with van der Waals surface area (Å²) in [6.07, 6.45) is 1.96. The summed E-state index contributed by atoms with van der Waals surface area (Å²) in [5.41, 5.74) is 0. The summed E-state index contributed by atoms with van der Waals surface area (Å²) in [5, 5.41) is 4.25. The fourth-order valence-corrected chi connectivity index (χ4v) is 2.31. The number of hydrogen-bond donors (Lipinski definition) is 1. The van der Waals surface area contributed by atoms with Crippen molar-refractivity contribution in [3.8, 4) is 0 Å². The lowest BCUT2D eigenvalue weighted by Crippen LogP contribution is -2.32. The molecule has 86 valence electrons. The molecule has 0 aliphatic heterocycles. The van der Waals surface area contributed by atoms with Crippen molar-refractivity contribution in [1.82, 2.24) is 10.3 Å². The predicted octanol–water partition coefficient (Wildman–Crippen LogP) is 2.34. The van der Waals surface area contributed by atoms with Crippen molar-refractivity contribution in [1.29, 1.82) is 0 Å². The van der Waals surface area contributed by atoms with E-state index >= 15 is 0 Å². The summed E-state index contributed by atoms with van der Waals surface area (Å²) in [6, 6.07) is 0.526. The van der Waals surface area contributed by atoms with Crippen LogP contribution in [-0.4, -0.2) is 25.1 Å². The Morgan fingerprint density at radius 1 is 1.47 bits per heavy atom. The number of anilines is 1. The van der Waals surface area contributed by atoms with Crippen LogP contribution in [-0.2, 0) is 6.54 Å². The summed E-state index contributed by atoms with van der Waals surface area (Å²) in [6.45, 7) is 7.62. The second kappa shape index (κ2) is 5.47. The van der Waals surface area contributed by atoms with Crippen LogP contribution in [0.1, 0.15) is 25.6 Å². The third kappa shape index (κ3) is 3.18. The molecule has 1 atom stereocenters. The predicted molar refractivity (Wildman–Crippen MR) is 67.6 cm³/mol. The van der Waals surface area contributed by atoms with Gasteiger partial charge in [-0.1, -0.05) is 13.8 Å². The van der Waals surface area contributed by atoms with Gasteiger partial charge in [0.05, 0.1) is 0 Å². The normalized spacial score (nSPS) is 13.2. The standard InChI is InChI=1S/C11H21N3S/c1-8(2)9(3)14(5)11-13-7-10(15-11)6-12-4/h7-9,12H,6H2,1-5H3. The highest BCUT2D eigenvalue weighted by molar-refractivity contribution is 7.15. The second-order valence-electron chi connectivity index (χ2n) is 4.24. The third-order valence-electron chi connectivity index (χ3n) is 2.77. The maximum absolute atomic E-state index is 4.44. The Kier molecular flexibility index (Phi) is 4.54. The molecule has 0 radical (unpaired) electrons. The molecule has 1 aromatic rings. The fraction of sp³-hybridized carbons (Fsp3) is 0.727. The lowest BCUT2D eigenvalue weighted by Gasteiger charge is -2.27. The SMILES string of the molecule is CNCc1cnc(N(C)C(C)C(C)C)s1. The number of nitrogens with zero attached hydrogens (tertiary/aromatic N) is 2. The van der Waals surface area contributed by atoms with E-state index < -0.39 is 0 Å². The minimum Gasteiger partial charge on any atom is -0.348 e. The molecule has 0 spiro atoms. The van der Waals surface area contributed by atoms with Crippen LogP contribution in [0.15, 0.2) is 6.20 Å². The fourth-order valence-electron chi connectivity index (χ4n) is 1.34. The zero-order valence-electron chi connectivity index (χ0n) is 10.2. The molecule has 0 aromatic carbocycles. The van der Waals surface area contributed by atoms with Crippen molar-refractivity contribution in [2.24, 2.45) is 5.92 Å². The largest absolute Gasteiger partial charge is 0.348 e. The molecule has 4 heteroatoms. The van der Waals surface area contributed by atoms with E-state index in [-0.39, 0.29) is 0 Å². The van der Waals surface area contributed by atoms with E-state index in [2.05, 4.69) is 43.0 Å². The molecule has 1 aromatic heterocycles. The molecule has 1 heterocycles. The van der Waals surface area contributed by atoms with Crippen LogP contribution in [0.2, 0.25) is 0 Å². The first-order valence-corrected chi connectivity index (χ1v) is 6.20. The monoisotopic (exact) mass is 227 g/mol. The van der Waals surface area contributed by atoms with Crippen LogP contribution in [0.25, 0.3) is 0 Å². The number of aromatic nitrogens is 1. The summed E-state index contributed by atoms with van der Waals surface area (Å²) < 4.78 is 0. The number of thiazole rings is 1. The first kappa shape index (κ1) is 12.5. The Balaban J connectivity index is 2.69. The first-order valence-electron chi connectivity index (χ1n) is 5.38. The number of rotatable bonds is 5. The highest BCUT2D eigenvalue weighted by atomic mass is 32.1.